The molecule has 1 aliphatic heterocycles. The number of hydrogen-bond donors (Lipinski definition) is 1. The largest absolute Gasteiger partial charge is 0.397 e. The molecule has 0 spiro atoms. The van der Waals surface area contributed by atoms with Crippen molar-refractivity contribution < 1.29 is 13.2 Å². The van der Waals surface area contributed by atoms with Crippen LogP contribution in [0.1, 0.15) is 16.6 Å². The van der Waals surface area contributed by atoms with Crippen LogP contribution in [-0.2, 0) is 9.84 Å². The Hall–Kier alpha value is -0.730. The molecule has 1 fully saturated rings. The number of nitrogens with zero attached hydrogens (tertiary/aromatic N) is 1. The van der Waals surface area contributed by atoms with E-state index in [0.717, 1.165) is 5.75 Å². The lowest BCUT2D eigenvalue weighted by atomic mass is 10.3. The second-order valence-corrected chi connectivity index (χ2v) is 8.70. The highest BCUT2D eigenvalue weighted by Crippen LogP contribution is 2.27. The summed E-state index contributed by atoms with van der Waals surface area (Å²) in [6.07, 6.45) is 0. The van der Waals surface area contributed by atoms with Crippen LogP contribution in [0.5, 0.6) is 0 Å². The zero-order valence-corrected chi connectivity index (χ0v) is 13.0. The standard InChI is InChI=1S/C11H16N2O3S3/c1-2-19(15,16)9-7-17-6-4-13(9)11(14)10-8(12)3-5-18-10/h3,5,9H,2,4,6-7,12H2,1H3. The van der Waals surface area contributed by atoms with Gasteiger partial charge < -0.3 is 10.6 Å². The van der Waals surface area contributed by atoms with Crippen molar-refractivity contribution in [1.82, 2.24) is 4.90 Å². The average molecular weight is 320 g/mol. The summed E-state index contributed by atoms with van der Waals surface area (Å²) in [5.41, 5.74) is 6.16. The first kappa shape index (κ1) is 14.7. The quantitative estimate of drug-likeness (QED) is 0.907. The number of amides is 1. The van der Waals surface area contributed by atoms with Gasteiger partial charge in [0.1, 0.15) is 10.3 Å². The van der Waals surface area contributed by atoms with Gasteiger partial charge in [0.05, 0.1) is 5.69 Å². The van der Waals surface area contributed by atoms with Crippen LogP contribution in [0, 0.1) is 0 Å². The van der Waals surface area contributed by atoms with Crippen LogP contribution in [-0.4, -0.2) is 48.4 Å². The Morgan fingerprint density at radius 3 is 2.89 bits per heavy atom. The molecule has 19 heavy (non-hydrogen) atoms. The normalized spacial score (nSPS) is 20.5. The van der Waals surface area contributed by atoms with Crippen molar-refractivity contribution in [3.05, 3.63) is 16.3 Å². The van der Waals surface area contributed by atoms with E-state index in [1.165, 1.54) is 16.2 Å². The zero-order chi connectivity index (χ0) is 14.0. The molecule has 1 aliphatic rings. The summed E-state index contributed by atoms with van der Waals surface area (Å²) in [5.74, 6) is 0.969. The van der Waals surface area contributed by atoms with E-state index in [9.17, 15) is 13.2 Å². The zero-order valence-electron chi connectivity index (χ0n) is 10.5. The number of sulfone groups is 1. The summed E-state index contributed by atoms with van der Waals surface area (Å²) in [4.78, 5) is 14.3. The average Bonchev–Trinajstić information content (AvgIpc) is 2.84. The first-order valence-electron chi connectivity index (χ1n) is 5.90. The molecule has 0 radical (unpaired) electrons. The number of carbonyl (C=O) groups is 1. The van der Waals surface area contributed by atoms with Crippen LogP contribution in [0.3, 0.4) is 0 Å². The minimum Gasteiger partial charge on any atom is -0.397 e. The van der Waals surface area contributed by atoms with Crippen molar-refractivity contribution in [3.63, 3.8) is 0 Å². The van der Waals surface area contributed by atoms with Gasteiger partial charge in [0.2, 0.25) is 0 Å². The summed E-state index contributed by atoms with van der Waals surface area (Å²) >= 11 is 2.82. The fourth-order valence-electron chi connectivity index (χ4n) is 1.93. The van der Waals surface area contributed by atoms with Crippen LogP contribution >= 0.6 is 23.1 Å². The highest BCUT2D eigenvalue weighted by atomic mass is 32.2. The molecule has 2 N–H and O–H groups in total. The van der Waals surface area contributed by atoms with Gasteiger partial charge in [-0.25, -0.2) is 8.42 Å². The van der Waals surface area contributed by atoms with E-state index >= 15 is 0 Å². The van der Waals surface area contributed by atoms with Crippen LogP contribution in [0.2, 0.25) is 0 Å². The van der Waals surface area contributed by atoms with Crippen molar-refractivity contribution in [2.24, 2.45) is 0 Å². The van der Waals surface area contributed by atoms with E-state index in [1.807, 2.05) is 0 Å². The molecule has 1 unspecified atom stereocenters. The Balaban J connectivity index is 2.31. The lowest BCUT2D eigenvalue weighted by molar-refractivity contribution is 0.0755. The van der Waals surface area contributed by atoms with Crippen molar-refractivity contribution in [1.29, 1.82) is 0 Å². The van der Waals surface area contributed by atoms with Gasteiger partial charge in [0.15, 0.2) is 9.84 Å². The molecule has 1 atom stereocenters. The number of thioether (sulfide) groups is 1. The molecular weight excluding hydrogens is 304 g/mol. The minimum atomic E-state index is -3.27. The monoisotopic (exact) mass is 320 g/mol. The fraction of sp³-hybridized carbons (Fsp3) is 0.545. The Bertz CT molecular complexity index is 567. The Morgan fingerprint density at radius 2 is 2.32 bits per heavy atom. The molecule has 0 aromatic carbocycles. The smallest absolute Gasteiger partial charge is 0.267 e. The first-order valence-corrected chi connectivity index (χ1v) is 9.65. The van der Waals surface area contributed by atoms with Crippen molar-refractivity contribution in [3.8, 4) is 0 Å². The number of anilines is 1. The third kappa shape index (κ3) is 2.90. The lowest BCUT2D eigenvalue weighted by Gasteiger charge is -2.34. The van der Waals surface area contributed by atoms with Crippen LogP contribution in [0.15, 0.2) is 11.4 Å². The van der Waals surface area contributed by atoms with E-state index in [2.05, 4.69) is 0 Å². The molecule has 1 saturated heterocycles. The SMILES string of the molecule is CCS(=O)(=O)C1CSCCN1C(=O)c1sccc1N. The first-order chi connectivity index (χ1) is 8.97. The van der Waals surface area contributed by atoms with E-state index < -0.39 is 15.2 Å². The Labute approximate surface area is 121 Å². The van der Waals surface area contributed by atoms with Crippen molar-refractivity contribution in [2.75, 3.05) is 29.5 Å². The molecule has 0 saturated carbocycles. The van der Waals surface area contributed by atoms with Crippen LogP contribution in [0.25, 0.3) is 0 Å². The highest BCUT2D eigenvalue weighted by molar-refractivity contribution is 8.01. The van der Waals surface area contributed by atoms with E-state index in [-0.39, 0.29) is 11.7 Å². The van der Waals surface area contributed by atoms with E-state index in [1.54, 1.807) is 30.1 Å². The number of rotatable bonds is 3. The summed E-state index contributed by atoms with van der Waals surface area (Å²) in [7, 11) is -3.27. The second-order valence-electron chi connectivity index (χ2n) is 4.18. The molecule has 106 valence electrons. The predicted molar refractivity (Wildman–Crippen MR) is 80.3 cm³/mol. The predicted octanol–water partition coefficient (Wildman–Crippen LogP) is 1.28. The number of hydrogen-bond acceptors (Lipinski definition) is 6. The van der Waals surface area contributed by atoms with Crippen molar-refractivity contribution >= 4 is 44.5 Å². The van der Waals surface area contributed by atoms with Gasteiger partial charge in [-0.2, -0.15) is 11.8 Å². The Morgan fingerprint density at radius 1 is 1.58 bits per heavy atom. The van der Waals surface area contributed by atoms with Gasteiger partial charge in [0.25, 0.3) is 5.91 Å². The summed E-state index contributed by atoms with van der Waals surface area (Å²) in [6, 6.07) is 1.67. The molecule has 2 rings (SSSR count). The number of thiophene rings is 1. The van der Waals surface area contributed by atoms with Gasteiger partial charge in [-0.3, -0.25) is 4.79 Å². The molecular formula is C11H16N2O3S3. The maximum Gasteiger partial charge on any atom is 0.267 e. The third-order valence-corrected chi connectivity index (χ3v) is 7.26. The topological polar surface area (TPSA) is 80.5 Å². The summed E-state index contributed by atoms with van der Waals surface area (Å²) in [5, 5.41) is 1.01. The molecule has 0 aliphatic carbocycles. The maximum atomic E-state index is 12.4. The second kappa shape index (κ2) is 5.72. The van der Waals surface area contributed by atoms with Gasteiger partial charge in [-0.1, -0.05) is 6.92 Å². The number of carbonyl (C=O) groups excluding carboxylic acids is 1. The van der Waals surface area contributed by atoms with Gasteiger partial charge in [-0.15, -0.1) is 11.3 Å². The lowest BCUT2D eigenvalue weighted by Crippen LogP contribution is -2.50. The third-order valence-electron chi connectivity index (χ3n) is 3.05. The van der Waals surface area contributed by atoms with E-state index in [4.69, 9.17) is 5.73 Å². The number of nitrogens with two attached hydrogens (primary N) is 1. The van der Waals surface area contributed by atoms with Crippen LogP contribution < -0.4 is 5.73 Å². The summed E-state index contributed by atoms with van der Waals surface area (Å²) in [6.45, 7) is 2.06. The number of nitrogen functional groups attached to an aromatic ring is 1. The molecule has 1 aromatic heterocycles. The molecule has 8 heteroatoms. The molecule has 2 heterocycles. The summed E-state index contributed by atoms with van der Waals surface area (Å²) < 4.78 is 24.2. The minimum absolute atomic E-state index is 0.0436. The maximum absolute atomic E-state index is 12.4. The van der Waals surface area contributed by atoms with E-state index in [0.29, 0.717) is 22.9 Å². The van der Waals surface area contributed by atoms with Gasteiger partial charge >= 0.3 is 0 Å². The van der Waals surface area contributed by atoms with Gasteiger partial charge in [0, 0.05) is 23.8 Å². The van der Waals surface area contributed by atoms with Crippen molar-refractivity contribution in [2.45, 2.75) is 12.3 Å². The molecule has 0 bridgehead atoms. The Kier molecular flexibility index (Phi) is 4.42. The van der Waals surface area contributed by atoms with Gasteiger partial charge in [-0.05, 0) is 11.4 Å². The molecule has 5 nitrogen and oxygen atoms in total. The highest BCUT2D eigenvalue weighted by Gasteiger charge is 2.36. The van der Waals surface area contributed by atoms with Crippen LogP contribution in [0.4, 0.5) is 5.69 Å². The molecule has 1 amide bonds. The fourth-order valence-corrected chi connectivity index (χ4v) is 5.67. The molecule has 1 aromatic rings.